The van der Waals surface area contributed by atoms with Crippen LogP contribution in [-0.2, 0) is 12.8 Å². The third-order valence-electron chi connectivity index (χ3n) is 5.76. The fourth-order valence-electron chi connectivity index (χ4n) is 4.20. The van der Waals surface area contributed by atoms with Gasteiger partial charge in [-0.2, -0.15) is 0 Å². The second kappa shape index (κ2) is 8.43. The van der Waals surface area contributed by atoms with Crippen LogP contribution in [0.25, 0.3) is 0 Å². The molecule has 28 heavy (non-hydrogen) atoms. The maximum Gasteiger partial charge on any atom is 0.254 e. The highest BCUT2D eigenvalue weighted by Crippen LogP contribution is 2.31. The molecule has 2 aliphatic rings. The Kier molecular flexibility index (Phi) is 5.76. The number of rotatable bonds is 4. The highest BCUT2D eigenvalue weighted by atomic mass is 32.1. The number of nitrogens with zero attached hydrogens (tertiary/aromatic N) is 1. The Balaban J connectivity index is 1.35. The summed E-state index contributed by atoms with van der Waals surface area (Å²) in [5, 5.41) is 4.97. The summed E-state index contributed by atoms with van der Waals surface area (Å²) < 4.78 is 13.0. The normalized spacial score (nSPS) is 19.2. The van der Waals surface area contributed by atoms with Gasteiger partial charge < -0.3 is 10.2 Å². The number of likely N-dealkylation sites (tertiary alicyclic amines) is 1. The van der Waals surface area contributed by atoms with Crippen LogP contribution in [0.2, 0.25) is 0 Å². The van der Waals surface area contributed by atoms with Crippen LogP contribution >= 0.6 is 11.3 Å². The summed E-state index contributed by atoms with van der Waals surface area (Å²) in [7, 11) is 0. The summed E-state index contributed by atoms with van der Waals surface area (Å²) in [6, 6.07) is 5.55. The van der Waals surface area contributed by atoms with Crippen molar-refractivity contribution < 1.29 is 14.0 Å². The van der Waals surface area contributed by atoms with Crippen molar-refractivity contribution in [2.24, 2.45) is 5.92 Å². The van der Waals surface area contributed by atoms with Gasteiger partial charge in [-0.3, -0.25) is 9.59 Å². The van der Waals surface area contributed by atoms with E-state index in [4.69, 9.17) is 0 Å². The van der Waals surface area contributed by atoms with Gasteiger partial charge in [0.1, 0.15) is 5.82 Å². The molecule has 1 aromatic carbocycles. The molecule has 1 aliphatic heterocycles. The Morgan fingerprint density at radius 3 is 2.75 bits per heavy atom. The highest BCUT2D eigenvalue weighted by molar-refractivity contribution is 7.10. The van der Waals surface area contributed by atoms with Crippen molar-refractivity contribution in [3.63, 3.8) is 0 Å². The molecule has 2 heterocycles. The van der Waals surface area contributed by atoms with Crippen molar-refractivity contribution in [1.82, 2.24) is 10.2 Å². The molecule has 1 aliphatic carbocycles. The molecule has 1 N–H and O–H groups in total. The first-order valence-corrected chi connectivity index (χ1v) is 10.9. The summed E-state index contributed by atoms with van der Waals surface area (Å²) in [5.41, 5.74) is 2.62. The van der Waals surface area contributed by atoms with Gasteiger partial charge in [-0.25, -0.2) is 4.39 Å². The van der Waals surface area contributed by atoms with Crippen molar-refractivity contribution in [1.29, 1.82) is 0 Å². The van der Waals surface area contributed by atoms with Crippen LogP contribution < -0.4 is 5.32 Å². The lowest BCUT2D eigenvalue weighted by Gasteiger charge is -2.33. The van der Waals surface area contributed by atoms with Gasteiger partial charge >= 0.3 is 0 Å². The molecular formula is C22H25FN2O2S. The van der Waals surface area contributed by atoms with E-state index < -0.39 is 0 Å². The quantitative estimate of drug-likeness (QED) is 0.842. The standard InChI is InChI=1S/C22H25FN2O2S/c23-17-9-7-16(8-10-17)21(26)24-12-15-4-3-11-25(13-15)22(27)19-14-28-20-6-2-1-5-18(19)20/h7-10,14-15H,1-6,11-13H2,(H,24,26). The molecule has 148 valence electrons. The lowest BCUT2D eigenvalue weighted by Crippen LogP contribution is -2.43. The van der Waals surface area contributed by atoms with E-state index in [9.17, 15) is 14.0 Å². The van der Waals surface area contributed by atoms with Gasteiger partial charge in [-0.1, -0.05) is 0 Å². The number of benzene rings is 1. The molecule has 0 spiro atoms. The second-order valence-electron chi connectivity index (χ2n) is 7.73. The molecule has 4 rings (SSSR count). The van der Waals surface area contributed by atoms with E-state index in [2.05, 4.69) is 5.32 Å². The van der Waals surface area contributed by atoms with Gasteiger partial charge in [0.2, 0.25) is 0 Å². The van der Waals surface area contributed by atoms with Crippen LogP contribution in [0.4, 0.5) is 4.39 Å². The molecule has 0 radical (unpaired) electrons. The zero-order valence-electron chi connectivity index (χ0n) is 15.9. The fraction of sp³-hybridized carbons (Fsp3) is 0.455. The number of carbonyl (C=O) groups is 2. The van der Waals surface area contributed by atoms with E-state index >= 15 is 0 Å². The summed E-state index contributed by atoms with van der Waals surface area (Å²) in [6.07, 6.45) is 6.46. The minimum absolute atomic E-state index is 0.147. The van der Waals surface area contributed by atoms with E-state index in [1.807, 2.05) is 10.3 Å². The SMILES string of the molecule is O=C(NCC1CCCN(C(=O)c2csc3c2CCCC3)C1)c1ccc(F)cc1. The van der Waals surface area contributed by atoms with Crippen LogP contribution in [0.5, 0.6) is 0 Å². The molecule has 1 atom stereocenters. The smallest absolute Gasteiger partial charge is 0.254 e. The third-order valence-corrected chi connectivity index (χ3v) is 6.84. The molecular weight excluding hydrogens is 375 g/mol. The molecule has 6 heteroatoms. The topological polar surface area (TPSA) is 49.4 Å². The summed E-state index contributed by atoms with van der Waals surface area (Å²) in [6.45, 7) is 1.99. The number of nitrogens with one attached hydrogen (secondary N) is 1. The van der Waals surface area contributed by atoms with Crippen molar-refractivity contribution in [3.05, 3.63) is 57.0 Å². The number of aryl methyl sites for hydroxylation is 1. The largest absolute Gasteiger partial charge is 0.352 e. The first-order valence-electron chi connectivity index (χ1n) is 10.0. The van der Waals surface area contributed by atoms with E-state index in [0.717, 1.165) is 37.8 Å². The summed E-state index contributed by atoms with van der Waals surface area (Å²) in [5.74, 6) is -0.158. The van der Waals surface area contributed by atoms with E-state index in [0.29, 0.717) is 18.7 Å². The van der Waals surface area contributed by atoms with Gasteiger partial charge in [0.15, 0.2) is 0 Å². The Morgan fingerprint density at radius 1 is 1.14 bits per heavy atom. The first-order chi connectivity index (χ1) is 13.6. The molecule has 4 nitrogen and oxygen atoms in total. The van der Waals surface area contributed by atoms with Crippen molar-refractivity contribution in [2.75, 3.05) is 19.6 Å². The molecule has 1 aromatic heterocycles. The minimum atomic E-state index is -0.353. The predicted molar refractivity (Wildman–Crippen MR) is 108 cm³/mol. The summed E-state index contributed by atoms with van der Waals surface area (Å²) in [4.78, 5) is 28.7. The number of hydrogen-bond acceptors (Lipinski definition) is 3. The van der Waals surface area contributed by atoms with Crippen LogP contribution in [-0.4, -0.2) is 36.3 Å². The first kappa shape index (κ1) is 19.1. The molecule has 2 amide bonds. The lowest BCUT2D eigenvalue weighted by atomic mass is 9.94. The van der Waals surface area contributed by atoms with Gasteiger partial charge in [-0.05, 0) is 74.3 Å². The van der Waals surface area contributed by atoms with Crippen LogP contribution in [0.15, 0.2) is 29.6 Å². The Hall–Kier alpha value is -2.21. The van der Waals surface area contributed by atoms with Gasteiger partial charge in [0.05, 0.1) is 5.56 Å². The summed E-state index contributed by atoms with van der Waals surface area (Å²) >= 11 is 1.73. The van der Waals surface area contributed by atoms with Gasteiger partial charge in [0.25, 0.3) is 11.8 Å². The number of halogens is 1. The van der Waals surface area contributed by atoms with Gasteiger partial charge in [0, 0.05) is 35.5 Å². The van der Waals surface area contributed by atoms with Crippen LogP contribution in [0.1, 0.15) is 56.8 Å². The van der Waals surface area contributed by atoms with Crippen molar-refractivity contribution in [2.45, 2.75) is 38.5 Å². The molecule has 1 fully saturated rings. The maximum atomic E-state index is 13.1. The average molecular weight is 401 g/mol. The molecule has 2 aromatic rings. The highest BCUT2D eigenvalue weighted by Gasteiger charge is 2.28. The molecule has 1 unspecified atom stereocenters. The molecule has 0 bridgehead atoms. The molecule has 0 saturated carbocycles. The average Bonchev–Trinajstić information content (AvgIpc) is 3.16. The zero-order chi connectivity index (χ0) is 19.5. The zero-order valence-corrected chi connectivity index (χ0v) is 16.7. The fourth-order valence-corrected chi connectivity index (χ4v) is 5.32. The minimum Gasteiger partial charge on any atom is -0.352 e. The van der Waals surface area contributed by atoms with Crippen molar-refractivity contribution >= 4 is 23.2 Å². The van der Waals surface area contributed by atoms with Crippen LogP contribution in [0.3, 0.4) is 0 Å². The number of hydrogen-bond donors (Lipinski definition) is 1. The Morgan fingerprint density at radius 2 is 1.93 bits per heavy atom. The Bertz CT molecular complexity index is 862. The maximum absolute atomic E-state index is 13.1. The predicted octanol–water partition coefficient (Wildman–Crippen LogP) is 4.05. The van der Waals surface area contributed by atoms with Crippen LogP contribution in [0, 0.1) is 11.7 Å². The van der Waals surface area contributed by atoms with E-state index in [1.54, 1.807) is 11.3 Å². The number of fused-ring (bicyclic) bond motifs is 1. The number of piperidine rings is 1. The number of amides is 2. The number of thiophene rings is 1. The third kappa shape index (κ3) is 4.12. The lowest BCUT2D eigenvalue weighted by molar-refractivity contribution is 0.0670. The monoisotopic (exact) mass is 400 g/mol. The molecule has 1 saturated heterocycles. The van der Waals surface area contributed by atoms with Crippen molar-refractivity contribution in [3.8, 4) is 0 Å². The van der Waals surface area contributed by atoms with E-state index in [-0.39, 0.29) is 23.5 Å². The number of carbonyl (C=O) groups excluding carboxylic acids is 2. The second-order valence-corrected chi connectivity index (χ2v) is 8.70. The van der Waals surface area contributed by atoms with E-state index in [1.165, 1.54) is 47.5 Å². The Labute approximate surface area is 168 Å². The van der Waals surface area contributed by atoms with Gasteiger partial charge in [-0.15, -0.1) is 11.3 Å².